The zero-order chi connectivity index (χ0) is 49.2. The van der Waals surface area contributed by atoms with Crippen molar-refractivity contribution in [3.63, 3.8) is 0 Å². The maximum atomic E-state index is 14.7. The summed E-state index contributed by atoms with van der Waals surface area (Å²) in [4.78, 5) is 10.0. The van der Waals surface area contributed by atoms with E-state index in [-0.39, 0.29) is 105 Å². The zero-order valence-corrected chi connectivity index (χ0v) is 44.3. The Balaban J connectivity index is 1.71. The molecule has 0 aliphatic carbocycles. The van der Waals surface area contributed by atoms with Gasteiger partial charge < -0.3 is 0 Å². The van der Waals surface area contributed by atoms with Crippen LogP contribution in [0.4, 0.5) is 0 Å². The van der Waals surface area contributed by atoms with Gasteiger partial charge >= 0.3 is 31.0 Å². The minimum absolute atomic E-state index is 0.0633. The number of fused-ring (bicyclic) bond motifs is 8. The molecule has 2 aromatic carbocycles. The van der Waals surface area contributed by atoms with E-state index in [9.17, 15) is 18.3 Å². The van der Waals surface area contributed by atoms with Gasteiger partial charge in [0.05, 0.1) is 102 Å². The first kappa shape index (κ1) is 56.1. The second kappa shape index (κ2) is 27.1. The Morgan fingerprint density at radius 2 is 0.529 bits per heavy atom. The molecule has 18 nitrogen and oxygen atoms in total. The molecule has 3 heterocycles. The van der Waals surface area contributed by atoms with Gasteiger partial charge in [-0.15, -0.1) is 0 Å². The SMILES string of the molecule is CCOP(=O)(OCC)N1Cc2cccc(c2)CN(P(=O)(OCC)OCC)Cc2cccc(n2)CN(P(=O)(OCC)OCC)Cc2cccc(c2)CN(P(=O)(OCC)OCC)Cc2cccc(n2)C1. The van der Waals surface area contributed by atoms with E-state index in [4.69, 9.17) is 46.2 Å². The molecular formula is C46H70N6O12P4. The minimum atomic E-state index is -3.90. The Morgan fingerprint density at radius 3 is 0.721 bits per heavy atom. The molecule has 0 atom stereocenters. The van der Waals surface area contributed by atoms with E-state index in [1.54, 1.807) is 74.1 Å². The summed E-state index contributed by atoms with van der Waals surface area (Å²) >= 11 is 0. The van der Waals surface area contributed by atoms with Crippen LogP contribution in [0.3, 0.4) is 0 Å². The molecule has 4 aromatic rings. The molecule has 5 rings (SSSR count). The van der Waals surface area contributed by atoms with Gasteiger partial charge in [0.2, 0.25) is 0 Å². The van der Waals surface area contributed by atoms with E-state index >= 15 is 0 Å². The van der Waals surface area contributed by atoms with Crippen LogP contribution in [-0.2, 0) is 107 Å². The first-order chi connectivity index (χ1) is 32.7. The predicted octanol–water partition coefficient (Wildman–Crippen LogP) is 11.5. The van der Waals surface area contributed by atoms with Crippen LogP contribution >= 0.6 is 31.0 Å². The number of benzene rings is 2. The molecular weight excluding hydrogens is 952 g/mol. The summed E-state index contributed by atoms with van der Waals surface area (Å²) < 4.78 is 113. The summed E-state index contributed by atoms with van der Waals surface area (Å²) in [5, 5.41) is 0. The van der Waals surface area contributed by atoms with Crippen LogP contribution in [0.15, 0.2) is 84.9 Å². The van der Waals surface area contributed by atoms with Gasteiger partial charge in [0, 0.05) is 26.2 Å². The van der Waals surface area contributed by atoms with Gasteiger partial charge in [-0.05, 0) is 102 Å². The van der Waals surface area contributed by atoms with E-state index in [0.717, 1.165) is 22.3 Å². The Labute approximate surface area is 403 Å². The van der Waals surface area contributed by atoms with Gasteiger partial charge in [0.1, 0.15) is 0 Å². The molecule has 0 unspecified atom stereocenters. The van der Waals surface area contributed by atoms with Crippen molar-refractivity contribution in [1.82, 2.24) is 28.6 Å². The molecule has 1 aliphatic rings. The Bertz CT molecular complexity index is 1950. The average Bonchev–Trinajstić information content (AvgIpc) is 3.29. The van der Waals surface area contributed by atoms with Crippen molar-refractivity contribution < 1.29 is 54.5 Å². The third kappa shape index (κ3) is 15.6. The van der Waals surface area contributed by atoms with Gasteiger partial charge in [-0.3, -0.25) is 46.2 Å². The molecule has 0 spiro atoms. The third-order valence-electron chi connectivity index (χ3n) is 10.3. The van der Waals surface area contributed by atoms with Crippen molar-refractivity contribution in [3.05, 3.63) is 130 Å². The molecule has 8 bridgehead atoms. The fourth-order valence-corrected chi connectivity index (χ4v) is 14.5. The number of hydrogen-bond acceptors (Lipinski definition) is 14. The van der Waals surface area contributed by atoms with Gasteiger partial charge in [-0.25, -0.2) is 18.3 Å². The van der Waals surface area contributed by atoms with Crippen LogP contribution in [0.2, 0.25) is 0 Å². The first-order valence-electron chi connectivity index (χ1n) is 23.3. The van der Waals surface area contributed by atoms with Gasteiger partial charge in [0.25, 0.3) is 0 Å². The topological polar surface area (TPSA) is 181 Å². The molecule has 0 radical (unpaired) electrons. The lowest BCUT2D eigenvalue weighted by Crippen LogP contribution is -2.26. The molecule has 0 saturated carbocycles. The number of hydrogen-bond donors (Lipinski definition) is 0. The molecule has 0 fully saturated rings. The van der Waals surface area contributed by atoms with Gasteiger partial charge in [-0.2, -0.15) is 18.7 Å². The smallest absolute Gasteiger partial charge is 0.297 e. The summed E-state index contributed by atoms with van der Waals surface area (Å²) in [6.45, 7) is 15.9. The van der Waals surface area contributed by atoms with Crippen LogP contribution in [0.5, 0.6) is 0 Å². The summed E-state index contributed by atoms with van der Waals surface area (Å²) in [5.74, 6) is 0. The van der Waals surface area contributed by atoms with Crippen LogP contribution in [0.25, 0.3) is 0 Å². The number of aromatic nitrogens is 2. The zero-order valence-electron chi connectivity index (χ0n) is 40.8. The fraction of sp³-hybridized carbons (Fsp3) is 0.522. The molecule has 68 heavy (non-hydrogen) atoms. The van der Waals surface area contributed by atoms with Crippen molar-refractivity contribution in [2.75, 3.05) is 52.9 Å². The molecule has 0 amide bonds. The maximum absolute atomic E-state index is 14.7. The van der Waals surface area contributed by atoms with Crippen molar-refractivity contribution in [2.45, 2.75) is 108 Å². The Hall–Kier alpha value is -2.82. The van der Waals surface area contributed by atoms with Gasteiger partial charge in [0.15, 0.2) is 0 Å². The largest absolute Gasteiger partial charge is 0.408 e. The summed E-state index contributed by atoms with van der Waals surface area (Å²) in [5.41, 5.74) is 5.30. The lowest BCUT2D eigenvalue weighted by molar-refractivity contribution is 0.160. The van der Waals surface area contributed by atoms with Crippen LogP contribution in [0, 0.1) is 0 Å². The lowest BCUT2D eigenvalue weighted by Gasteiger charge is -2.32. The number of rotatable bonds is 20. The predicted molar refractivity (Wildman–Crippen MR) is 262 cm³/mol. The first-order valence-corrected chi connectivity index (χ1v) is 29.3. The summed E-state index contributed by atoms with van der Waals surface area (Å²) in [6.07, 6.45) is 0. The number of pyridine rings is 2. The van der Waals surface area contributed by atoms with E-state index in [2.05, 4.69) is 0 Å². The molecule has 0 N–H and O–H groups in total. The second-order valence-electron chi connectivity index (χ2n) is 15.4. The molecule has 22 heteroatoms. The van der Waals surface area contributed by atoms with E-state index in [1.807, 2.05) is 84.9 Å². The highest BCUT2D eigenvalue weighted by Gasteiger charge is 2.38. The van der Waals surface area contributed by atoms with Crippen molar-refractivity contribution in [1.29, 1.82) is 0 Å². The molecule has 2 aromatic heterocycles. The van der Waals surface area contributed by atoms with E-state index in [1.165, 1.54) is 0 Å². The molecule has 0 saturated heterocycles. The standard InChI is InChI=1S/C46H70N6O12P4/c1-9-57-65(53,58-10-2)49-31-39-21-17-22-40(29-39)32-50(66(54,59-11-3)60-12-4)37-45-27-20-28-46(48-45)38-52(68(56,63-15-7)64-16-8)34-42-24-18-23-41(30-42)33-51(67(55,61-13-5)62-14-6)36-44-26-19-25-43(35-49)47-44/h17-30H,9-16,31-38H2,1-8H3. The van der Waals surface area contributed by atoms with E-state index in [0.29, 0.717) is 22.8 Å². The van der Waals surface area contributed by atoms with Crippen molar-refractivity contribution >= 4 is 31.0 Å². The van der Waals surface area contributed by atoms with Crippen LogP contribution < -0.4 is 0 Å². The van der Waals surface area contributed by atoms with Crippen LogP contribution in [0.1, 0.15) is 100 Å². The monoisotopic (exact) mass is 1020 g/mol. The highest BCUT2D eigenvalue weighted by molar-refractivity contribution is 7.52. The minimum Gasteiger partial charge on any atom is -0.297 e. The Morgan fingerprint density at radius 1 is 0.338 bits per heavy atom. The van der Waals surface area contributed by atoms with Crippen molar-refractivity contribution in [2.24, 2.45) is 0 Å². The summed E-state index contributed by atoms with van der Waals surface area (Å²) in [7, 11) is -15.6. The average molecular weight is 1020 g/mol. The quantitative estimate of drug-likeness (QED) is 0.0762. The van der Waals surface area contributed by atoms with Crippen molar-refractivity contribution in [3.8, 4) is 0 Å². The highest BCUT2D eigenvalue weighted by Crippen LogP contribution is 2.57. The second-order valence-corrected chi connectivity index (χ2v) is 23.5. The maximum Gasteiger partial charge on any atom is 0.408 e. The Kier molecular flexibility index (Phi) is 22.4. The third-order valence-corrected chi connectivity index (χ3v) is 18.9. The van der Waals surface area contributed by atoms with E-state index < -0.39 is 31.0 Å². The van der Waals surface area contributed by atoms with Gasteiger partial charge in [-0.1, -0.05) is 60.7 Å². The number of nitrogens with zero attached hydrogens (tertiary/aromatic N) is 6. The lowest BCUT2D eigenvalue weighted by atomic mass is 10.1. The molecule has 1 aliphatic heterocycles. The molecule has 376 valence electrons. The normalized spacial score (nSPS) is 16.1. The van der Waals surface area contributed by atoms with Crippen LogP contribution in [-0.4, -0.2) is 81.5 Å². The summed E-state index contributed by atoms with van der Waals surface area (Å²) in [6, 6.07) is 26.3. The fourth-order valence-electron chi connectivity index (χ4n) is 7.68. The highest BCUT2D eigenvalue weighted by atomic mass is 31.2.